The Morgan fingerprint density at radius 2 is 1.83 bits per heavy atom. The van der Waals surface area contributed by atoms with Crippen LogP contribution in [-0.2, 0) is 4.79 Å². The van der Waals surface area contributed by atoms with E-state index in [9.17, 15) is 4.79 Å². The molecule has 3 heterocycles. The van der Waals surface area contributed by atoms with Crippen molar-refractivity contribution in [1.82, 2.24) is 15.4 Å². The van der Waals surface area contributed by atoms with Gasteiger partial charge in [0.15, 0.2) is 6.17 Å². The van der Waals surface area contributed by atoms with E-state index in [1.54, 1.807) is 0 Å². The van der Waals surface area contributed by atoms with Gasteiger partial charge in [0.25, 0.3) is 0 Å². The van der Waals surface area contributed by atoms with Gasteiger partial charge in [0.05, 0.1) is 24.2 Å². The van der Waals surface area contributed by atoms with Crippen LogP contribution in [-0.4, -0.2) is 22.1 Å². The summed E-state index contributed by atoms with van der Waals surface area (Å²) >= 11 is 0. The Hall–Kier alpha value is -2.92. The normalized spacial score (nSPS) is 26.5. The minimum absolute atomic E-state index is 0.0442. The molecular formula is C25H28N4O. The largest absolute Gasteiger partial charge is 0.273 e. The van der Waals surface area contributed by atoms with Gasteiger partial charge in [-0.05, 0) is 29.5 Å². The lowest BCUT2D eigenvalue weighted by atomic mass is 9.81. The van der Waals surface area contributed by atoms with Gasteiger partial charge in [-0.25, -0.2) is 10.4 Å². The molecule has 4 atom stereocenters. The van der Waals surface area contributed by atoms with Crippen LogP contribution < -0.4 is 5.43 Å². The molecule has 1 fully saturated rings. The molecule has 5 nitrogen and oxygen atoms in total. The van der Waals surface area contributed by atoms with Crippen LogP contribution in [0.3, 0.4) is 0 Å². The summed E-state index contributed by atoms with van der Waals surface area (Å²) in [6.07, 6.45) is 7.33. The number of carbonyl (C=O) groups excluding carboxylic acids is 1. The third-order valence-corrected chi connectivity index (χ3v) is 6.58. The average Bonchev–Trinajstić information content (AvgIpc) is 2.79. The fourth-order valence-electron chi connectivity index (χ4n) is 5.18. The Kier molecular flexibility index (Phi) is 4.91. The Balaban J connectivity index is 1.65. The van der Waals surface area contributed by atoms with Crippen LogP contribution in [0.1, 0.15) is 73.1 Å². The molecule has 0 spiro atoms. The van der Waals surface area contributed by atoms with E-state index in [2.05, 4.69) is 66.4 Å². The smallest absolute Gasteiger partial charge is 0.244 e. The maximum Gasteiger partial charge on any atom is 0.244 e. The lowest BCUT2D eigenvalue weighted by Crippen LogP contribution is -2.62. The molecule has 0 radical (unpaired) electrons. The number of hydrazone groups is 1. The summed E-state index contributed by atoms with van der Waals surface area (Å²) in [4.78, 5) is 13.8. The van der Waals surface area contributed by atoms with Gasteiger partial charge in [-0.2, -0.15) is 5.10 Å². The van der Waals surface area contributed by atoms with Gasteiger partial charge in [0, 0.05) is 5.56 Å². The molecule has 5 heteroatoms. The maximum absolute atomic E-state index is 13.8. The summed E-state index contributed by atoms with van der Waals surface area (Å²) in [6, 6.07) is 16.8. The van der Waals surface area contributed by atoms with E-state index in [0.29, 0.717) is 0 Å². The highest BCUT2D eigenvalue weighted by atomic mass is 16.2. The molecule has 30 heavy (non-hydrogen) atoms. The summed E-state index contributed by atoms with van der Waals surface area (Å²) in [7, 11) is 0. The Morgan fingerprint density at radius 1 is 1.10 bits per heavy atom. The zero-order chi connectivity index (χ0) is 20.7. The molecule has 1 saturated heterocycles. The molecule has 4 unspecified atom stereocenters. The predicted molar refractivity (Wildman–Crippen MR) is 118 cm³/mol. The molecule has 1 amide bonds. The van der Waals surface area contributed by atoms with Gasteiger partial charge in [-0.1, -0.05) is 74.4 Å². The van der Waals surface area contributed by atoms with E-state index in [4.69, 9.17) is 5.10 Å². The molecular weight excluding hydrogens is 372 g/mol. The number of nitrogens with zero attached hydrogens (tertiary/aromatic N) is 3. The molecule has 1 N–H and O–H groups in total. The van der Waals surface area contributed by atoms with Crippen molar-refractivity contribution >= 4 is 12.1 Å². The zero-order valence-corrected chi connectivity index (χ0v) is 17.4. The number of amides is 1. The number of unbranched alkanes of at least 4 members (excludes halogenated alkanes) is 1. The third-order valence-electron chi connectivity index (χ3n) is 6.58. The van der Waals surface area contributed by atoms with E-state index in [1.807, 2.05) is 23.4 Å². The van der Waals surface area contributed by atoms with E-state index < -0.39 is 0 Å². The molecule has 3 aliphatic rings. The summed E-state index contributed by atoms with van der Waals surface area (Å²) < 4.78 is 0. The van der Waals surface area contributed by atoms with Crippen LogP contribution in [0.25, 0.3) is 0 Å². The van der Waals surface area contributed by atoms with Crippen molar-refractivity contribution in [2.75, 3.05) is 0 Å². The quantitative estimate of drug-likeness (QED) is 0.729. The fraction of sp³-hybridized carbons (Fsp3) is 0.360. The second kappa shape index (κ2) is 7.73. The van der Waals surface area contributed by atoms with Crippen molar-refractivity contribution in [3.63, 3.8) is 0 Å². The first-order valence-corrected chi connectivity index (χ1v) is 10.9. The van der Waals surface area contributed by atoms with Crippen LogP contribution >= 0.6 is 0 Å². The zero-order valence-electron chi connectivity index (χ0n) is 17.4. The molecule has 0 aromatic heterocycles. The van der Waals surface area contributed by atoms with Gasteiger partial charge >= 0.3 is 0 Å². The van der Waals surface area contributed by atoms with E-state index in [1.165, 1.54) is 11.1 Å². The number of benzene rings is 2. The van der Waals surface area contributed by atoms with Crippen molar-refractivity contribution in [2.24, 2.45) is 11.0 Å². The van der Waals surface area contributed by atoms with Crippen LogP contribution in [0, 0.1) is 5.92 Å². The highest BCUT2D eigenvalue weighted by molar-refractivity contribution is 5.86. The van der Waals surface area contributed by atoms with Crippen LogP contribution in [0.15, 0.2) is 66.3 Å². The fourth-order valence-corrected chi connectivity index (χ4v) is 5.18. The van der Waals surface area contributed by atoms with Crippen molar-refractivity contribution in [3.8, 4) is 0 Å². The van der Waals surface area contributed by atoms with Crippen molar-refractivity contribution in [1.29, 1.82) is 0 Å². The first-order chi connectivity index (χ1) is 14.7. The highest BCUT2D eigenvalue weighted by Crippen LogP contribution is 2.50. The molecule has 2 aromatic rings. The Morgan fingerprint density at radius 3 is 2.60 bits per heavy atom. The predicted octanol–water partition coefficient (Wildman–Crippen LogP) is 4.86. The number of hydrogen-bond donors (Lipinski definition) is 1. The Bertz CT molecular complexity index is 1000. The second-order valence-corrected chi connectivity index (χ2v) is 8.36. The number of hydrogen-bond acceptors (Lipinski definition) is 4. The highest BCUT2D eigenvalue weighted by Gasteiger charge is 2.51. The standard InChI is InChI=1S/C25H28N4O/c1-3-5-12-21-23-18-13-7-6-11-17(18)16-26-28(23)24-20-15-9-8-14-19(20)22(10-4-2)27-29(24)25(21)30/h4,6-9,11,13-16,21-24,27H,2-3,5,10,12H2,1H3. The van der Waals surface area contributed by atoms with Crippen LogP contribution in [0.5, 0.6) is 0 Å². The number of rotatable bonds is 5. The third kappa shape index (κ3) is 2.88. The molecule has 2 aromatic carbocycles. The molecule has 0 bridgehead atoms. The van der Waals surface area contributed by atoms with Crippen LogP contribution in [0.4, 0.5) is 0 Å². The van der Waals surface area contributed by atoms with E-state index >= 15 is 0 Å². The minimum atomic E-state index is -0.248. The molecule has 0 aliphatic carbocycles. The summed E-state index contributed by atoms with van der Waals surface area (Å²) in [5.74, 6) is 0.0483. The number of fused-ring (bicyclic) bond motifs is 7. The lowest BCUT2D eigenvalue weighted by molar-refractivity contribution is -0.172. The van der Waals surface area contributed by atoms with Gasteiger partial charge in [0.2, 0.25) is 5.91 Å². The Labute approximate surface area is 178 Å². The topological polar surface area (TPSA) is 47.9 Å². The van der Waals surface area contributed by atoms with Crippen molar-refractivity contribution in [2.45, 2.75) is 50.9 Å². The number of nitrogens with one attached hydrogen (secondary N) is 1. The molecule has 154 valence electrons. The van der Waals surface area contributed by atoms with E-state index in [0.717, 1.165) is 36.8 Å². The number of hydrazine groups is 1. The molecule has 0 saturated carbocycles. The van der Waals surface area contributed by atoms with E-state index in [-0.39, 0.29) is 30.1 Å². The average molecular weight is 401 g/mol. The first kappa shape index (κ1) is 19.1. The minimum Gasteiger partial charge on any atom is -0.273 e. The van der Waals surface area contributed by atoms with Gasteiger partial charge in [-0.3, -0.25) is 9.80 Å². The lowest BCUT2D eigenvalue weighted by Gasteiger charge is -2.54. The summed E-state index contributed by atoms with van der Waals surface area (Å²) in [5, 5.41) is 8.89. The van der Waals surface area contributed by atoms with Crippen LogP contribution in [0.2, 0.25) is 0 Å². The van der Waals surface area contributed by atoms with Gasteiger partial charge < -0.3 is 0 Å². The monoisotopic (exact) mass is 400 g/mol. The molecule has 3 aliphatic heterocycles. The van der Waals surface area contributed by atoms with Crippen molar-refractivity contribution < 1.29 is 4.79 Å². The summed E-state index contributed by atoms with van der Waals surface area (Å²) in [5.41, 5.74) is 8.20. The first-order valence-electron chi connectivity index (χ1n) is 10.9. The van der Waals surface area contributed by atoms with Gasteiger partial charge in [-0.15, -0.1) is 6.58 Å². The molecule has 5 rings (SSSR count). The number of carbonyl (C=O) groups is 1. The van der Waals surface area contributed by atoms with Crippen molar-refractivity contribution in [3.05, 3.63) is 83.4 Å². The SMILES string of the molecule is C=CCC1NN2C(=O)C(CCCC)C3c4ccccc4C=NN3C2c2ccccc21. The summed E-state index contributed by atoms with van der Waals surface area (Å²) in [6.45, 7) is 6.10. The second-order valence-electron chi connectivity index (χ2n) is 8.36. The van der Waals surface area contributed by atoms with Gasteiger partial charge in [0.1, 0.15) is 0 Å². The maximum atomic E-state index is 13.8.